The van der Waals surface area contributed by atoms with E-state index in [1.54, 1.807) is 11.8 Å². The van der Waals surface area contributed by atoms with Gasteiger partial charge in [-0.2, -0.15) is 0 Å². The van der Waals surface area contributed by atoms with E-state index in [0.29, 0.717) is 5.11 Å². The molecule has 0 aliphatic carbocycles. The van der Waals surface area contributed by atoms with E-state index in [9.17, 15) is 4.79 Å². The van der Waals surface area contributed by atoms with E-state index in [2.05, 4.69) is 16.0 Å². The maximum Gasteiger partial charge on any atom is 0.237 e. The van der Waals surface area contributed by atoms with E-state index in [-0.39, 0.29) is 11.2 Å². The van der Waals surface area contributed by atoms with Crippen LogP contribution in [0.5, 0.6) is 0 Å². The molecule has 3 aromatic carbocycles. The topological polar surface area (TPSA) is 53.2 Å². The summed E-state index contributed by atoms with van der Waals surface area (Å²) in [6, 6.07) is 25.5. The first-order chi connectivity index (χ1) is 14.5. The molecule has 154 valence electrons. The number of nitrogens with one attached hydrogen (secondary N) is 3. The van der Waals surface area contributed by atoms with E-state index in [0.717, 1.165) is 28.4 Å². The summed E-state index contributed by atoms with van der Waals surface area (Å²) < 4.78 is 0. The fourth-order valence-corrected chi connectivity index (χ4v) is 4.06. The first-order valence-corrected chi connectivity index (χ1v) is 11.1. The number of anilines is 3. The number of aryl methyl sites for hydroxylation is 1. The smallest absolute Gasteiger partial charge is 0.237 e. The molecule has 0 bridgehead atoms. The normalized spacial score (nSPS) is 11.4. The average molecular weight is 436 g/mol. The lowest BCUT2D eigenvalue weighted by Crippen LogP contribution is -2.24. The Hall–Kier alpha value is -2.83. The van der Waals surface area contributed by atoms with Gasteiger partial charge in [-0.05, 0) is 68.0 Å². The number of hydrogen-bond acceptors (Lipinski definition) is 3. The fourth-order valence-electron chi connectivity index (χ4n) is 2.81. The van der Waals surface area contributed by atoms with Crippen molar-refractivity contribution in [1.29, 1.82) is 0 Å². The van der Waals surface area contributed by atoms with Gasteiger partial charge >= 0.3 is 0 Å². The van der Waals surface area contributed by atoms with Crippen molar-refractivity contribution in [2.45, 2.75) is 30.4 Å². The van der Waals surface area contributed by atoms with Gasteiger partial charge in [0.05, 0.1) is 5.25 Å². The lowest BCUT2D eigenvalue weighted by atomic mass is 10.2. The highest BCUT2D eigenvalue weighted by Gasteiger charge is 2.18. The molecule has 0 aromatic heterocycles. The van der Waals surface area contributed by atoms with Crippen LogP contribution in [0.3, 0.4) is 0 Å². The molecule has 0 spiro atoms. The Morgan fingerprint density at radius 3 is 2.20 bits per heavy atom. The van der Waals surface area contributed by atoms with Gasteiger partial charge in [0.15, 0.2) is 5.11 Å². The van der Waals surface area contributed by atoms with Gasteiger partial charge in [-0.1, -0.05) is 48.9 Å². The van der Waals surface area contributed by atoms with E-state index < -0.39 is 0 Å². The summed E-state index contributed by atoms with van der Waals surface area (Å²) in [5.41, 5.74) is 3.82. The lowest BCUT2D eigenvalue weighted by molar-refractivity contribution is -0.115. The Labute approximate surface area is 187 Å². The second kappa shape index (κ2) is 10.8. The monoisotopic (exact) mass is 435 g/mol. The second-order valence-corrected chi connectivity index (χ2v) is 8.53. The molecule has 3 aromatic rings. The predicted octanol–water partition coefficient (Wildman–Crippen LogP) is 6.31. The summed E-state index contributed by atoms with van der Waals surface area (Å²) in [5, 5.41) is 9.72. The molecule has 3 N–H and O–H groups in total. The third-order valence-electron chi connectivity index (χ3n) is 4.38. The minimum atomic E-state index is -0.182. The van der Waals surface area contributed by atoms with Crippen molar-refractivity contribution in [1.82, 2.24) is 0 Å². The molecular weight excluding hydrogens is 410 g/mol. The zero-order valence-electron chi connectivity index (χ0n) is 17.0. The van der Waals surface area contributed by atoms with Crippen molar-refractivity contribution in [3.05, 3.63) is 84.4 Å². The fraction of sp³-hybridized carbons (Fsp3) is 0.167. The van der Waals surface area contributed by atoms with Crippen LogP contribution in [0, 0.1) is 6.92 Å². The van der Waals surface area contributed by atoms with Crippen molar-refractivity contribution >= 4 is 52.1 Å². The molecule has 1 amide bonds. The quantitative estimate of drug-likeness (QED) is 0.300. The van der Waals surface area contributed by atoms with E-state index >= 15 is 0 Å². The minimum absolute atomic E-state index is 0.00335. The molecule has 0 aliphatic heterocycles. The van der Waals surface area contributed by atoms with Crippen LogP contribution in [-0.2, 0) is 4.79 Å². The zero-order valence-corrected chi connectivity index (χ0v) is 18.6. The molecule has 0 fully saturated rings. The maximum atomic E-state index is 12.7. The van der Waals surface area contributed by atoms with E-state index in [1.807, 2.05) is 92.7 Å². The largest absolute Gasteiger partial charge is 0.332 e. The van der Waals surface area contributed by atoms with Crippen LogP contribution in [0.15, 0.2) is 83.8 Å². The van der Waals surface area contributed by atoms with Crippen molar-refractivity contribution in [3.63, 3.8) is 0 Å². The average Bonchev–Trinajstić information content (AvgIpc) is 2.74. The Kier molecular flexibility index (Phi) is 7.88. The van der Waals surface area contributed by atoms with Gasteiger partial charge in [0.1, 0.15) is 0 Å². The number of amides is 1. The van der Waals surface area contributed by atoms with Crippen molar-refractivity contribution < 1.29 is 4.79 Å². The molecule has 1 atom stereocenters. The van der Waals surface area contributed by atoms with Crippen LogP contribution in [0.1, 0.15) is 18.9 Å². The van der Waals surface area contributed by atoms with Crippen LogP contribution >= 0.6 is 24.0 Å². The molecule has 0 saturated carbocycles. The number of carbonyl (C=O) groups excluding carboxylic acids is 1. The molecule has 0 aliphatic rings. The molecule has 30 heavy (non-hydrogen) atoms. The summed E-state index contributed by atoms with van der Waals surface area (Å²) >= 11 is 6.97. The van der Waals surface area contributed by atoms with Gasteiger partial charge in [0.2, 0.25) is 5.91 Å². The van der Waals surface area contributed by atoms with Crippen LogP contribution in [0.4, 0.5) is 17.1 Å². The molecule has 3 rings (SSSR count). The van der Waals surface area contributed by atoms with Crippen LogP contribution in [-0.4, -0.2) is 16.3 Å². The molecule has 0 heterocycles. The highest BCUT2D eigenvalue weighted by molar-refractivity contribution is 8.00. The number of para-hydroxylation sites is 1. The van der Waals surface area contributed by atoms with Gasteiger partial charge in [0, 0.05) is 22.0 Å². The second-order valence-electron chi connectivity index (χ2n) is 6.84. The summed E-state index contributed by atoms with van der Waals surface area (Å²) in [6.07, 6.45) is 0.731. The van der Waals surface area contributed by atoms with Crippen molar-refractivity contribution in [2.24, 2.45) is 0 Å². The Bertz CT molecular complexity index is 991. The molecular formula is C24H25N3OS2. The number of rotatable bonds is 7. The number of carbonyl (C=O) groups is 1. The Morgan fingerprint density at radius 1 is 0.867 bits per heavy atom. The number of thiocarbonyl (C=S) groups is 1. The summed E-state index contributed by atoms with van der Waals surface area (Å²) in [4.78, 5) is 13.7. The molecule has 1 unspecified atom stereocenters. The summed E-state index contributed by atoms with van der Waals surface area (Å²) in [5.74, 6) is 0.00335. The third kappa shape index (κ3) is 6.61. The van der Waals surface area contributed by atoms with E-state index in [1.165, 1.54) is 5.56 Å². The minimum Gasteiger partial charge on any atom is -0.332 e. The van der Waals surface area contributed by atoms with Gasteiger partial charge < -0.3 is 16.0 Å². The predicted molar refractivity (Wildman–Crippen MR) is 132 cm³/mol. The van der Waals surface area contributed by atoms with Gasteiger partial charge in [-0.25, -0.2) is 0 Å². The van der Waals surface area contributed by atoms with E-state index in [4.69, 9.17) is 12.2 Å². The Balaban J connectivity index is 1.60. The molecule has 4 nitrogen and oxygen atoms in total. The Morgan fingerprint density at radius 2 is 1.50 bits per heavy atom. The maximum absolute atomic E-state index is 12.7. The zero-order chi connectivity index (χ0) is 21.3. The van der Waals surface area contributed by atoms with Crippen LogP contribution in [0.2, 0.25) is 0 Å². The lowest BCUT2D eigenvalue weighted by Gasteiger charge is -2.16. The first kappa shape index (κ1) is 21.9. The van der Waals surface area contributed by atoms with Gasteiger partial charge in [-0.15, -0.1) is 11.8 Å². The number of thioether (sulfide) groups is 1. The van der Waals surface area contributed by atoms with Crippen LogP contribution < -0.4 is 16.0 Å². The molecule has 0 saturated heterocycles. The van der Waals surface area contributed by atoms with Crippen LogP contribution in [0.25, 0.3) is 0 Å². The van der Waals surface area contributed by atoms with Crippen molar-refractivity contribution in [3.8, 4) is 0 Å². The first-order valence-electron chi connectivity index (χ1n) is 9.81. The highest BCUT2D eigenvalue weighted by atomic mass is 32.2. The van der Waals surface area contributed by atoms with Gasteiger partial charge in [0.25, 0.3) is 0 Å². The third-order valence-corrected chi connectivity index (χ3v) is 5.95. The summed E-state index contributed by atoms with van der Waals surface area (Å²) in [6.45, 7) is 4.07. The van der Waals surface area contributed by atoms with Gasteiger partial charge in [-0.3, -0.25) is 4.79 Å². The molecule has 0 radical (unpaired) electrons. The SMILES string of the molecule is CCC(Sc1cccc(NC(=S)Nc2ccc(C)cc2)c1)C(=O)Nc1ccccc1. The number of hydrogen-bond donors (Lipinski definition) is 3. The molecule has 6 heteroatoms. The summed E-state index contributed by atoms with van der Waals surface area (Å²) in [7, 11) is 0. The van der Waals surface area contributed by atoms with Crippen molar-refractivity contribution in [2.75, 3.05) is 16.0 Å². The number of benzene rings is 3. The highest BCUT2D eigenvalue weighted by Crippen LogP contribution is 2.28. The standard InChI is InChI=1S/C24H25N3OS2/c1-3-22(23(28)25-18-8-5-4-6-9-18)30-21-11-7-10-20(16-21)27-24(29)26-19-14-12-17(2)13-15-19/h4-16,22H,3H2,1-2H3,(H,25,28)(H2,26,27,29).